The summed E-state index contributed by atoms with van der Waals surface area (Å²) in [6, 6.07) is 5.55. The Hall–Kier alpha value is -2.24. The van der Waals surface area contributed by atoms with Crippen LogP contribution in [0.25, 0.3) is 0 Å². The summed E-state index contributed by atoms with van der Waals surface area (Å²) in [5.41, 5.74) is 0.960. The minimum absolute atomic E-state index is 0.00210. The van der Waals surface area contributed by atoms with E-state index < -0.39 is 11.9 Å². The Labute approximate surface area is 136 Å². The van der Waals surface area contributed by atoms with Gasteiger partial charge in [0.1, 0.15) is 11.5 Å². The Morgan fingerprint density at radius 3 is 2.43 bits per heavy atom. The molecule has 2 rings (SSSR count). The number of rotatable bonds is 6. The predicted octanol–water partition coefficient (Wildman–Crippen LogP) is 1.96. The molecule has 1 amide bonds. The number of carboxylic acid groups (broad SMARTS) is 1. The molecule has 1 fully saturated rings. The zero-order valence-corrected chi connectivity index (χ0v) is 13.6. The molecule has 0 aromatic heterocycles. The standard InChI is InChI=1S/C17H23NO5/c1-22-14-8-12(9-15(10-14)23-2)5-6-16(19)18-7-3-4-13(11-18)17(20)21/h8-10,13H,3-7,11H2,1-2H3,(H,20,21)/t13-/m0/s1. The molecule has 0 saturated carbocycles. The Morgan fingerprint density at radius 1 is 1.22 bits per heavy atom. The Morgan fingerprint density at radius 2 is 1.87 bits per heavy atom. The third-order valence-electron chi connectivity index (χ3n) is 4.16. The van der Waals surface area contributed by atoms with Crippen molar-refractivity contribution in [2.45, 2.75) is 25.7 Å². The van der Waals surface area contributed by atoms with Gasteiger partial charge < -0.3 is 19.5 Å². The van der Waals surface area contributed by atoms with E-state index in [0.717, 1.165) is 12.0 Å². The fourth-order valence-corrected chi connectivity index (χ4v) is 2.83. The molecule has 0 aliphatic carbocycles. The summed E-state index contributed by atoms with van der Waals surface area (Å²) in [6.45, 7) is 0.958. The van der Waals surface area contributed by atoms with E-state index in [1.54, 1.807) is 25.2 Å². The third kappa shape index (κ3) is 4.61. The fraction of sp³-hybridized carbons (Fsp3) is 0.529. The molecule has 1 saturated heterocycles. The Balaban J connectivity index is 1.95. The lowest BCUT2D eigenvalue weighted by molar-refractivity contribution is -0.145. The first kappa shape index (κ1) is 17.1. The molecule has 0 radical (unpaired) electrons. The largest absolute Gasteiger partial charge is 0.497 e. The van der Waals surface area contributed by atoms with Crippen molar-refractivity contribution < 1.29 is 24.2 Å². The lowest BCUT2D eigenvalue weighted by atomic mass is 9.97. The summed E-state index contributed by atoms with van der Waals surface area (Å²) in [6.07, 6.45) is 2.31. The van der Waals surface area contributed by atoms with E-state index >= 15 is 0 Å². The SMILES string of the molecule is COc1cc(CCC(=O)N2CCC[C@H](C(=O)O)C2)cc(OC)c1. The number of aliphatic carboxylic acids is 1. The van der Waals surface area contributed by atoms with Gasteiger partial charge in [0.2, 0.25) is 5.91 Å². The number of ether oxygens (including phenoxy) is 2. The van der Waals surface area contributed by atoms with E-state index in [0.29, 0.717) is 43.9 Å². The monoisotopic (exact) mass is 321 g/mol. The molecular weight excluding hydrogens is 298 g/mol. The maximum absolute atomic E-state index is 12.3. The molecule has 1 atom stereocenters. The number of carbonyl (C=O) groups excluding carboxylic acids is 1. The smallest absolute Gasteiger partial charge is 0.308 e. The predicted molar refractivity (Wildman–Crippen MR) is 84.8 cm³/mol. The highest BCUT2D eigenvalue weighted by atomic mass is 16.5. The molecule has 1 N–H and O–H groups in total. The maximum atomic E-state index is 12.3. The van der Waals surface area contributed by atoms with Crippen molar-refractivity contribution in [3.8, 4) is 11.5 Å². The minimum Gasteiger partial charge on any atom is -0.497 e. The van der Waals surface area contributed by atoms with Crippen LogP contribution < -0.4 is 9.47 Å². The van der Waals surface area contributed by atoms with Crippen molar-refractivity contribution in [3.63, 3.8) is 0 Å². The van der Waals surface area contributed by atoms with Gasteiger partial charge in [-0.1, -0.05) is 0 Å². The molecule has 1 aliphatic heterocycles. The van der Waals surface area contributed by atoms with Gasteiger partial charge in [-0.2, -0.15) is 0 Å². The zero-order chi connectivity index (χ0) is 16.8. The fourth-order valence-electron chi connectivity index (χ4n) is 2.83. The molecule has 1 aromatic carbocycles. The van der Waals surface area contributed by atoms with Crippen LogP contribution in [-0.4, -0.2) is 49.2 Å². The molecule has 0 unspecified atom stereocenters. The molecule has 1 heterocycles. The number of benzene rings is 1. The van der Waals surface area contributed by atoms with E-state index in [2.05, 4.69) is 0 Å². The van der Waals surface area contributed by atoms with E-state index in [1.165, 1.54) is 0 Å². The number of nitrogens with zero attached hydrogens (tertiary/aromatic N) is 1. The van der Waals surface area contributed by atoms with Gasteiger partial charge >= 0.3 is 5.97 Å². The second-order valence-electron chi connectivity index (χ2n) is 5.74. The molecule has 0 spiro atoms. The van der Waals surface area contributed by atoms with Gasteiger partial charge in [0.25, 0.3) is 0 Å². The molecule has 6 heteroatoms. The van der Waals surface area contributed by atoms with Crippen LogP contribution in [0.5, 0.6) is 11.5 Å². The molecule has 23 heavy (non-hydrogen) atoms. The maximum Gasteiger partial charge on any atom is 0.308 e. The van der Waals surface area contributed by atoms with E-state index in [1.807, 2.05) is 12.1 Å². The third-order valence-corrected chi connectivity index (χ3v) is 4.16. The van der Waals surface area contributed by atoms with E-state index in [9.17, 15) is 9.59 Å². The summed E-state index contributed by atoms with van der Waals surface area (Å²) in [4.78, 5) is 25.1. The van der Waals surface area contributed by atoms with E-state index in [-0.39, 0.29) is 5.91 Å². The van der Waals surface area contributed by atoms with E-state index in [4.69, 9.17) is 14.6 Å². The second-order valence-corrected chi connectivity index (χ2v) is 5.74. The van der Waals surface area contributed by atoms with Crippen LogP contribution in [0.1, 0.15) is 24.8 Å². The van der Waals surface area contributed by atoms with Crippen LogP contribution in [0.15, 0.2) is 18.2 Å². The average molecular weight is 321 g/mol. The highest BCUT2D eigenvalue weighted by molar-refractivity contribution is 5.78. The lowest BCUT2D eigenvalue weighted by Crippen LogP contribution is -2.42. The van der Waals surface area contributed by atoms with Gasteiger partial charge in [-0.15, -0.1) is 0 Å². The van der Waals surface area contributed by atoms with Crippen LogP contribution in [0.4, 0.5) is 0 Å². The number of methoxy groups -OCH3 is 2. The Bertz CT molecular complexity index is 550. The Kier molecular flexibility index (Phi) is 5.84. The van der Waals surface area contributed by atoms with Crippen LogP contribution in [0.3, 0.4) is 0 Å². The quantitative estimate of drug-likeness (QED) is 0.867. The zero-order valence-electron chi connectivity index (χ0n) is 13.6. The van der Waals surface area contributed by atoms with Gasteiger partial charge in [-0.05, 0) is 37.0 Å². The van der Waals surface area contributed by atoms with Crippen LogP contribution in [0, 0.1) is 5.92 Å². The van der Waals surface area contributed by atoms with Crippen LogP contribution >= 0.6 is 0 Å². The summed E-state index contributed by atoms with van der Waals surface area (Å²) in [7, 11) is 3.17. The van der Waals surface area contributed by atoms with Gasteiger partial charge in [0.05, 0.1) is 20.1 Å². The number of hydrogen-bond acceptors (Lipinski definition) is 4. The number of piperidine rings is 1. The minimum atomic E-state index is -0.819. The van der Waals surface area contributed by atoms with Crippen molar-refractivity contribution in [3.05, 3.63) is 23.8 Å². The molecular formula is C17H23NO5. The topological polar surface area (TPSA) is 76.1 Å². The first-order valence-electron chi connectivity index (χ1n) is 7.76. The van der Waals surface area contributed by atoms with Gasteiger partial charge in [-0.25, -0.2) is 0 Å². The number of hydrogen-bond donors (Lipinski definition) is 1. The van der Waals surface area contributed by atoms with Crippen molar-refractivity contribution in [1.29, 1.82) is 0 Å². The average Bonchev–Trinajstić information content (AvgIpc) is 2.59. The molecule has 0 bridgehead atoms. The van der Waals surface area contributed by atoms with Crippen LogP contribution in [-0.2, 0) is 16.0 Å². The van der Waals surface area contributed by atoms with Gasteiger partial charge in [-0.3, -0.25) is 9.59 Å². The second kappa shape index (κ2) is 7.85. The molecule has 126 valence electrons. The summed E-state index contributed by atoms with van der Waals surface area (Å²) >= 11 is 0. The molecule has 6 nitrogen and oxygen atoms in total. The number of amides is 1. The lowest BCUT2D eigenvalue weighted by Gasteiger charge is -2.30. The molecule has 1 aromatic rings. The van der Waals surface area contributed by atoms with Crippen molar-refractivity contribution in [2.24, 2.45) is 5.92 Å². The number of carboxylic acids is 1. The normalized spacial score (nSPS) is 17.7. The van der Waals surface area contributed by atoms with Crippen molar-refractivity contribution >= 4 is 11.9 Å². The van der Waals surface area contributed by atoms with Gasteiger partial charge in [0.15, 0.2) is 0 Å². The first-order chi connectivity index (χ1) is 11.0. The highest BCUT2D eigenvalue weighted by Gasteiger charge is 2.27. The number of aryl methyl sites for hydroxylation is 1. The number of likely N-dealkylation sites (tertiary alicyclic amines) is 1. The summed E-state index contributed by atoms with van der Waals surface area (Å²) in [5, 5.41) is 9.10. The number of carbonyl (C=O) groups is 2. The molecule has 1 aliphatic rings. The van der Waals surface area contributed by atoms with Crippen molar-refractivity contribution in [1.82, 2.24) is 4.90 Å². The summed E-state index contributed by atoms with van der Waals surface area (Å²) < 4.78 is 10.4. The first-order valence-corrected chi connectivity index (χ1v) is 7.76. The highest BCUT2D eigenvalue weighted by Crippen LogP contribution is 2.24. The van der Waals surface area contributed by atoms with Crippen molar-refractivity contribution in [2.75, 3.05) is 27.3 Å². The van der Waals surface area contributed by atoms with Gasteiger partial charge in [0, 0.05) is 25.6 Å². The summed E-state index contributed by atoms with van der Waals surface area (Å²) in [5.74, 6) is 0.119. The van der Waals surface area contributed by atoms with Crippen LogP contribution in [0.2, 0.25) is 0 Å².